The molecule has 3 N–H and O–H groups in total. The van der Waals surface area contributed by atoms with E-state index in [1.807, 2.05) is 13.8 Å². The average molecular weight is 294 g/mol. The molecule has 4 atom stereocenters. The molecule has 1 rings (SSSR count). The predicted octanol–water partition coefficient (Wildman–Crippen LogP) is -0.367. The molecule has 0 radical (unpaired) electrons. The molecule has 1 heterocycles. The quantitative estimate of drug-likeness (QED) is 0.641. The zero-order valence-corrected chi connectivity index (χ0v) is 12.2. The van der Waals surface area contributed by atoms with Crippen molar-refractivity contribution in [2.45, 2.75) is 39.3 Å². The zero-order valence-electron chi connectivity index (χ0n) is 11.4. The molecule has 0 spiro atoms. The maximum absolute atomic E-state index is 12.1. The highest BCUT2D eigenvalue weighted by Gasteiger charge is 2.35. The predicted molar refractivity (Wildman–Crippen MR) is 69.7 cm³/mol. The zero-order chi connectivity index (χ0) is 14.8. The fourth-order valence-corrected chi connectivity index (χ4v) is 4.06. The van der Waals surface area contributed by atoms with Crippen molar-refractivity contribution in [2.24, 2.45) is 11.8 Å². The summed E-state index contributed by atoms with van der Waals surface area (Å²) in [7, 11) is -3.90. The van der Waals surface area contributed by atoms with E-state index in [1.165, 1.54) is 11.2 Å². The Balaban J connectivity index is 2.82. The minimum atomic E-state index is -3.90. The van der Waals surface area contributed by atoms with Crippen molar-refractivity contribution in [1.82, 2.24) is 9.03 Å². The molecule has 0 aromatic heterocycles. The first kappa shape index (κ1) is 16.4. The van der Waals surface area contributed by atoms with E-state index in [0.29, 0.717) is 13.1 Å². The second-order valence-electron chi connectivity index (χ2n) is 5.44. The van der Waals surface area contributed by atoms with Crippen molar-refractivity contribution in [2.75, 3.05) is 13.1 Å². The van der Waals surface area contributed by atoms with E-state index in [-0.39, 0.29) is 11.8 Å². The van der Waals surface area contributed by atoms with Gasteiger partial charge in [-0.05, 0) is 25.2 Å². The number of nitrogens with one attached hydrogen (secondary N) is 1. The highest BCUT2D eigenvalue weighted by atomic mass is 32.2. The van der Waals surface area contributed by atoms with Gasteiger partial charge in [-0.3, -0.25) is 4.79 Å². The highest BCUT2D eigenvalue weighted by molar-refractivity contribution is 7.87. The Hall–Kier alpha value is -0.700. The van der Waals surface area contributed by atoms with Crippen LogP contribution in [0.2, 0.25) is 0 Å². The summed E-state index contributed by atoms with van der Waals surface area (Å²) in [6, 6.07) is -1.53. The number of piperidine rings is 1. The van der Waals surface area contributed by atoms with Crippen LogP contribution in [0, 0.1) is 11.8 Å². The van der Waals surface area contributed by atoms with E-state index in [9.17, 15) is 18.3 Å². The van der Waals surface area contributed by atoms with Gasteiger partial charge < -0.3 is 10.2 Å². The summed E-state index contributed by atoms with van der Waals surface area (Å²) in [5, 5.41) is 18.2. The fraction of sp³-hybridized carbons (Fsp3) is 0.909. The molecule has 112 valence electrons. The number of hydrogen-bond acceptors (Lipinski definition) is 4. The highest BCUT2D eigenvalue weighted by Crippen LogP contribution is 2.22. The third kappa shape index (κ3) is 4.41. The SMILES string of the molecule is CC1CC(C)CN(S(=O)(=O)N[C@H](C(=O)O)[C@@H](C)O)C1. The Kier molecular flexibility index (Phi) is 5.31. The second kappa shape index (κ2) is 6.17. The van der Waals surface area contributed by atoms with E-state index < -0.39 is 28.3 Å². The van der Waals surface area contributed by atoms with Crippen LogP contribution in [0.1, 0.15) is 27.2 Å². The van der Waals surface area contributed by atoms with Crippen LogP contribution in [-0.2, 0) is 15.0 Å². The van der Waals surface area contributed by atoms with Gasteiger partial charge in [0.2, 0.25) is 0 Å². The van der Waals surface area contributed by atoms with E-state index in [2.05, 4.69) is 4.72 Å². The molecule has 0 saturated carbocycles. The van der Waals surface area contributed by atoms with Crippen LogP contribution in [0.25, 0.3) is 0 Å². The van der Waals surface area contributed by atoms with Crippen LogP contribution in [0.5, 0.6) is 0 Å². The van der Waals surface area contributed by atoms with Crippen LogP contribution in [0.15, 0.2) is 0 Å². The molecular weight excluding hydrogens is 272 g/mol. The number of carboxylic acids is 1. The van der Waals surface area contributed by atoms with Crippen molar-refractivity contribution in [3.63, 3.8) is 0 Å². The molecule has 1 aliphatic rings. The first-order valence-corrected chi connectivity index (χ1v) is 7.75. The van der Waals surface area contributed by atoms with Crippen LogP contribution >= 0.6 is 0 Å². The molecule has 7 nitrogen and oxygen atoms in total. The number of nitrogens with zero attached hydrogens (tertiary/aromatic N) is 1. The van der Waals surface area contributed by atoms with Crippen LogP contribution in [-0.4, -0.2) is 54.1 Å². The summed E-state index contributed by atoms with van der Waals surface area (Å²) in [5.74, 6) is -0.929. The summed E-state index contributed by atoms with van der Waals surface area (Å²) in [4.78, 5) is 10.9. The van der Waals surface area contributed by atoms with Gasteiger partial charge in [0.15, 0.2) is 0 Å². The van der Waals surface area contributed by atoms with Crippen molar-refractivity contribution >= 4 is 16.2 Å². The van der Waals surface area contributed by atoms with Crippen molar-refractivity contribution < 1.29 is 23.4 Å². The number of aliphatic hydroxyl groups is 1. The molecule has 19 heavy (non-hydrogen) atoms. The third-order valence-corrected chi connectivity index (χ3v) is 4.73. The molecule has 0 aliphatic carbocycles. The third-order valence-electron chi connectivity index (χ3n) is 3.20. The lowest BCUT2D eigenvalue weighted by atomic mass is 9.94. The van der Waals surface area contributed by atoms with Crippen LogP contribution in [0.3, 0.4) is 0 Å². The molecule has 0 bridgehead atoms. The number of carboxylic acid groups (broad SMARTS) is 1. The summed E-state index contributed by atoms with van der Waals surface area (Å²) >= 11 is 0. The Labute approximate surface area is 113 Å². The van der Waals surface area contributed by atoms with Crippen molar-refractivity contribution in [3.05, 3.63) is 0 Å². The van der Waals surface area contributed by atoms with E-state index in [0.717, 1.165) is 6.42 Å². The van der Waals surface area contributed by atoms with E-state index >= 15 is 0 Å². The minimum absolute atomic E-state index is 0.232. The smallest absolute Gasteiger partial charge is 0.324 e. The summed E-state index contributed by atoms with van der Waals surface area (Å²) in [6.07, 6.45) is -0.350. The second-order valence-corrected chi connectivity index (χ2v) is 7.14. The van der Waals surface area contributed by atoms with E-state index in [1.54, 1.807) is 0 Å². The minimum Gasteiger partial charge on any atom is -0.480 e. The molecule has 0 aromatic carbocycles. The van der Waals surface area contributed by atoms with Gasteiger partial charge in [-0.25, -0.2) is 0 Å². The van der Waals surface area contributed by atoms with Gasteiger partial charge >= 0.3 is 5.97 Å². The number of rotatable bonds is 5. The maximum Gasteiger partial charge on any atom is 0.324 e. The largest absolute Gasteiger partial charge is 0.480 e. The van der Waals surface area contributed by atoms with Gasteiger partial charge in [-0.1, -0.05) is 13.8 Å². The Morgan fingerprint density at radius 3 is 2.16 bits per heavy atom. The molecule has 1 saturated heterocycles. The number of hydrogen-bond donors (Lipinski definition) is 3. The molecular formula is C11H22N2O5S. The summed E-state index contributed by atoms with van der Waals surface area (Å²) in [5.41, 5.74) is 0. The van der Waals surface area contributed by atoms with Gasteiger partial charge in [0.05, 0.1) is 6.10 Å². The molecule has 2 unspecified atom stereocenters. The number of carbonyl (C=O) groups is 1. The molecule has 0 aromatic rings. The average Bonchev–Trinajstić information content (AvgIpc) is 2.23. The summed E-state index contributed by atoms with van der Waals surface area (Å²) in [6.45, 7) is 5.89. The van der Waals surface area contributed by atoms with Gasteiger partial charge in [0.25, 0.3) is 10.2 Å². The molecule has 8 heteroatoms. The number of aliphatic hydroxyl groups excluding tert-OH is 1. The van der Waals surface area contributed by atoms with Crippen LogP contribution in [0.4, 0.5) is 0 Å². The molecule has 1 fully saturated rings. The molecule has 1 aliphatic heterocycles. The molecule has 0 amide bonds. The van der Waals surface area contributed by atoms with Gasteiger partial charge in [0.1, 0.15) is 6.04 Å². The normalized spacial score (nSPS) is 28.8. The van der Waals surface area contributed by atoms with Gasteiger partial charge in [0, 0.05) is 13.1 Å². The monoisotopic (exact) mass is 294 g/mol. The lowest BCUT2D eigenvalue weighted by Crippen LogP contribution is -2.55. The first-order valence-electron chi connectivity index (χ1n) is 6.31. The fourth-order valence-electron chi connectivity index (χ4n) is 2.39. The Morgan fingerprint density at radius 1 is 1.32 bits per heavy atom. The lowest BCUT2D eigenvalue weighted by molar-refractivity contribution is -0.141. The van der Waals surface area contributed by atoms with E-state index in [4.69, 9.17) is 5.11 Å². The van der Waals surface area contributed by atoms with Crippen molar-refractivity contribution in [3.8, 4) is 0 Å². The van der Waals surface area contributed by atoms with Crippen molar-refractivity contribution in [1.29, 1.82) is 0 Å². The standard InChI is InChI=1S/C11H22N2O5S/c1-7-4-8(2)6-13(5-7)19(17,18)12-10(9(3)14)11(15)16/h7-10,12,14H,4-6H2,1-3H3,(H,15,16)/t7?,8?,9-,10+/m1/s1. The first-order chi connectivity index (χ1) is 8.63. The van der Waals surface area contributed by atoms with Gasteiger partial charge in [-0.15, -0.1) is 0 Å². The Bertz CT molecular complexity index is 413. The van der Waals surface area contributed by atoms with Gasteiger partial charge in [-0.2, -0.15) is 17.4 Å². The van der Waals surface area contributed by atoms with Crippen LogP contribution < -0.4 is 4.72 Å². The summed E-state index contributed by atoms with van der Waals surface area (Å²) < 4.78 is 27.6. The Morgan fingerprint density at radius 2 is 1.79 bits per heavy atom. The maximum atomic E-state index is 12.1. The number of aliphatic carboxylic acids is 1. The lowest BCUT2D eigenvalue weighted by Gasteiger charge is -2.34. The topological polar surface area (TPSA) is 107 Å².